The second-order valence-electron chi connectivity index (χ2n) is 7.72. The number of aliphatic hydroxyl groups is 2. The lowest BCUT2D eigenvalue weighted by Crippen LogP contribution is -2.70. The van der Waals surface area contributed by atoms with E-state index in [1.54, 1.807) is 6.92 Å². The summed E-state index contributed by atoms with van der Waals surface area (Å²) in [6.45, 7) is 7.34. The van der Waals surface area contributed by atoms with Crippen LogP contribution in [0.1, 0.15) is 58.8 Å². The Bertz CT molecular complexity index is 463. The number of rotatable bonds is 3. The Balaban J connectivity index is 1.97. The largest absolute Gasteiger partial charge is 0.455 e. The van der Waals surface area contributed by atoms with E-state index in [0.29, 0.717) is 37.7 Å². The summed E-state index contributed by atoms with van der Waals surface area (Å²) in [5.74, 6) is -0.412. The molecule has 0 saturated heterocycles. The van der Waals surface area contributed by atoms with E-state index in [1.807, 2.05) is 0 Å². The average Bonchev–Trinajstić information content (AvgIpc) is 2.23. The van der Waals surface area contributed by atoms with E-state index in [-0.39, 0.29) is 5.41 Å². The van der Waals surface area contributed by atoms with E-state index in [1.165, 1.54) is 0 Å². The van der Waals surface area contributed by atoms with Gasteiger partial charge in [0.2, 0.25) is 0 Å². The van der Waals surface area contributed by atoms with Gasteiger partial charge in [-0.05, 0) is 31.6 Å². The molecule has 4 saturated carbocycles. The van der Waals surface area contributed by atoms with Crippen LogP contribution in [0.5, 0.6) is 0 Å². The molecule has 0 aliphatic heterocycles. The molecular formula is C16H24O4. The molecule has 4 bridgehead atoms. The van der Waals surface area contributed by atoms with Gasteiger partial charge in [0, 0.05) is 24.8 Å². The Kier molecular flexibility index (Phi) is 2.72. The maximum Gasteiger partial charge on any atom is 0.333 e. The van der Waals surface area contributed by atoms with Crippen molar-refractivity contribution >= 4 is 5.97 Å². The van der Waals surface area contributed by atoms with Gasteiger partial charge in [0.05, 0.1) is 11.2 Å². The zero-order valence-corrected chi connectivity index (χ0v) is 12.4. The fourth-order valence-corrected chi connectivity index (χ4v) is 5.41. The maximum atomic E-state index is 11.9. The molecule has 4 rings (SSSR count). The van der Waals surface area contributed by atoms with Crippen LogP contribution in [0.3, 0.4) is 0 Å². The summed E-state index contributed by atoms with van der Waals surface area (Å²) in [7, 11) is 0. The number of carbonyl (C=O) groups is 1. The third kappa shape index (κ3) is 2.01. The third-order valence-electron chi connectivity index (χ3n) is 5.47. The predicted molar refractivity (Wildman–Crippen MR) is 74.0 cm³/mol. The molecule has 0 spiro atoms. The fraction of sp³-hybridized carbons (Fsp3) is 0.812. The van der Waals surface area contributed by atoms with Crippen molar-refractivity contribution in [2.24, 2.45) is 5.41 Å². The Morgan fingerprint density at radius 1 is 1.10 bits per heavy atom. The maximum absolute atomic E-state index is 11.9. The van der Waals surface area contributed by atoms with Crippen molar-refractivity contribution in [1.29, 1.82) is 0 Å². The highest BCUT2D eigenvalue weighted by Crippen LogP contribution is 2.66. The van der Waals surface area contributed by atoms with Gasteiger partial charge < -0.3 is 14.9 Å². The second-order valence-corrected chi connectivity index (χ2v) is 7.72. The first kappa shape index (κ1) is 14.1. The molecule has 0 radical (unpaired) electrons. The van der Waals surface area contributed by atoms with E-state index in [4.69, 9.17) is 4.74 Å². The van der Waals surface area contributed by atoms with Crippen molar-refractivity contribution in [3.05, 3.63) is 12.2 Å². The Labute approximate surface area is 119 Å². The smallest absolute Gasteiger partial charge is 0.333 e. The highest BCUT2D eigenvalue weighted by Gasteiger charge is 2.68. The van der Waals surface area contributed by atoms with E-state index in [9.17, 15) is 15.0 Å². The molecule has 20 heavy (non-hydrogen) atoms. The van der Waals surface area contributed by atoms with Crippen molar-refractivity contribution in [3.63, 3.8) is 0 Å². The van der Waals surface area contributed by atoms with E-state index in [0.717, 1.165) is 12.8 Å². The van der Waals surface area contributed by atoms with E-state index < -0.39 is 22.8 Å². The molecule has 2 atom stereocenters. The Morgan fingerprint density at radius 2 is 1.65 bits per heavy atom. The molecule has 2 N–H and O–H groups in total. The minimum Gasteiger partial charge on any atom is -0.455 e. The highest BCUT2D eigenvalue weighted by atomic mass is 16.6. The van der Waals surface area contributed by atoms with Crippen LogP contribution in [0.4, 0.5) is 0 Å². The second kappa shape index (κ2) is 3.86. The monoisotopic (exact) mass is 280 g/mol. The lowest BCUT2D eigenvalue weighted by atomic mass is 9.44. The van der Waals surface area contributed by atoms with Crippen molar-refractivity contribution in [3.8, 4) is 0 Å². The molecule has 0 heterocycles. The highest BCUT2D eigenvalue weighted by molar-refractivity contribution is 5.87. The molecule has 0 amide bonds. The number of esters is 1. The molecule has 4 aliphatic carbocycles. The summed E-state index contributed by atoms with van der Waals surface area (Å²) in [5, 5.41) is 21.6. The molecular weight excluding hydrogens is 256 g/mol. The lowest BCUT2D eigenvalue weighted by molar-refractivity contribution is -0.284. The summed E-state index contributed by atoms with van der Waals surface area (Å²) in [5.41, 5.74) is -2.24. The summed E-state index contributed by atoms with van der Waals surface area (Å²) >= 11 is 0. The number of ether oxygens (including phenoxy) is 1. The summed E-state index contributed by atoms with van der Waals surface area (Å²) in [6.07, 6.45) is 4.38. The molecule has 4 nitrogen and oxygen atoms in total. The Hall–Kier alpha value is -0.870. The van der Waals surface area contributed by atoms with Gasteiger partial charge in [-0.15, -0.1) is 0 Å². The van der Waals surface area contributed by atoms with Crippen LogP contribution in [-0.4, -0.2) is 33.0 Å². The van der Waals surface area contributed by atoms with Crippen molar-refractivity contribution in [2.75, 3.05) is 0 Å². The molecule has 0 aromatic rings. The first-order valence-electron chi connectivity index (χ1n) is 7.47. The topological polar surface area (TPSA) is 66.8 Å². The molecule has 112 valence electrons. The summed E-state index contributed by atoms with van der Waals surface area (Å²) < 4.78 is 5.71. The minimum atomic E-state index is -0.894. The van der Waals surface area contributed by atoms with Crippen LogP contribution in [0.2, 0.25) is 0 Å². The van der Waals surface area contributed by atoms with Crippen molar-refractivity contribution in [1.82, 2.24) is 0 Å². The summed E-state index contributed by atoms with van der Waals surface area (Å²) in [4.78, 5) is 11.9. The first-order chi connectivity index (χ1) is 9.13. The van der Waals surface area contributed by atoms with Crippen LogP contribution in [0.15, 0.2) is 12.2 Å². The van der Waals surface area contributed by atoms with Crippen LogP contribution in [0.25, 0.3) is 0 Å². The summed E-state index contributed by atoms with van der Waals surface area (Å²) in [6, 6.07) is 0. The molecule has 2 unspecified atom stereocenters. The molecule has 0 aromatic heterocycles. The molecule has 4 aliphatic rings. The molecule has 4 heteroatoms. The van der Waals surface area contributed by atoms with E-state index in [2.05, 4.69) is 13.5 Å². The van der Waals surface area contributed by atoms with E-state index >= 15 is 0 Å². The zero-order chi connectivity index (χ0) is 14.8. The standard InChI is InChI=1S/C16H24O4/c1-4-13-5-14(18)8-15(19,6-13)10-16(7-13,9-14)20-12(17)11(2)3/h18-19H,2,4-10H2,1,3H3. The van der Waals surface area contributed by atoms with Crippen LogP contribution in [-0.2, 0) is 9.53 Å². The quantitative estimate of drug-likeness (QED) is 0.613. The normalized spacial score (nSPS) is 49.2. The SMILES string of the molecule is C=C(C)C(=O)OC12CC3(O)CC(O)(CC(CC)(C3)C1)C2. The van der Waals surface area contributed by atoms with Gasteiger partial charge in [-0.2, -0.15) is 0 Å². The predicted octanol–water partition coefficient (Wildman–Crippen LogP) is 2.08. The minimum absolute atomic E-state index is 0.104. The number of carbonyl (C=O) groups excluding carboxylic acids is 1. The molecule has 0 aromatic carbocycles. The van der Waals surface area contributed by atoms with Gasteiger partial charge in [0.15, 0.2) is 0 Å². The zero-order valence-electron chi connectivity index (χ0n) is 12.4. The van der Waals surface area contributed by atoms with Crippen LogP contribution >= 0.6 is 0 Å². The number of hydrogen-bond acceptors (Lipinski definition) is 4. The van der Waals surface area contributed by atoms with Gasteiger partial charge in [-0.25, -0.2) is 4.79 Å². The fourth-order valence-electron chi connectivity index (χ4n) is 5.41. The lowest BCUT2D eigenvalue weighted by Gasteiger charge is -2.66. The Morgan fingerprint density at radius 3 is 2.10 bits per heavy atom. The first-order valence-corrected chi connectivity index (χ1v) is 7.47. The van der Waals surface area contributed by atoms with Gasteiger partial charge in [-0.3, -0.25) is 0 Å². The molecule has 4 fully saturated rings. The van der Waals surface area contributed by atoms with Crippen molar-refractivity contribution in [2.45, 2.75) is 75.6 Å². The van der Waals surface area contributed by atoms with Gasteiger partial charge in [0.1, 0.15) is 5.60 Å². The van der Waals surface area contributed by atoms with Crippen LogP contribution < -0.4 is 0 Å². The number of hydrogen-bond donors (Lipinski definition) is 2. The van der Waals surface area contributed by atoms with Gasteiger partial charge >= 0.3 is 5.97 Å². The van der Waals surface area contributed by atoms with Gasteiger partial charge in [-0.1, -0.05) is 19.9 Å². The van der Waals surface area contributed by atoms with Gasteiger partial charge in [0.25, 0.3) is 0 Å². The average molecular weight is 280 g/mol. The van der Waals surface area contributed by atoms with Crippen molar-refractivity contribution < 1.29 is 19.7 Å². The van der Waals surface area contributed by atoms with Crippen LogP contribution in [0, 0.1) is 5.41 Å². The third-order valence-corrected chi connectivity index (χ3v) is 5.47.